The summed E-state index contributed by atoms with van der Waals surface area (Å²) in [5.41, 5.74) is 9.47. The number of benzene rings is 3. The summed E-state index contributed by atoms with van der Waals surface area (Å²) in [6, 6.07) is 17.1. The van der Waals surface area contributed by atoms with Crippen molar-refractivity contribution in [2.24, 2.45) is 5.73 Å². The lowest BCUT2D eigenvalue weighted by atomic mass is 10.0. The van der Waals surface area contributed by atoms with Crippen LogP contribution in [0.1, 0.15) is 81.8 Å². The molecule has 248 valence electrons. The summed E-state index contributed by atoms with van der Waals surface area (Å²) in [4.78, 5) is 25.0. The molecule has 2 aliphatic rings. The molecule has 8 nitrogen and oxygen atoms in total. The van der Waals surface area contributed by atoms with Crippen LogP contribution in [0.5, 0.6) is 11.5 Å². The fourth-order valence-corrected chi connectivity index (χ4v) is 5.43. The lowest BCUT2D eigenvalue weighted by Crippen LogP contribution is -2.22. The van der Waals surface area contributed by atoms with Gasteiger partial charge >= 0.3 is 0 Å². The van der Waals surface area contributed by atoms with Gasteiger partial charge in [0.25, 0.3) is 5.91 Å². The molecule has 2 fully saturated rings. The number of aryl methyl sites for hydroxylation is 1. The van der Waals surface area contributed by atoms with Crippen LogP contribution < -0.4 is 15.2 Å². The van der Waals surface area contributed by atoms with Crippen molar-refractivity contribution in [1.82, 2.24) is 14.7 Å². The summed E-state index contributed by atoms with van der Waals surface area (Å²) in [5, 5.41) is 5.57. The van der Waals surface area contributed by atoms with E-state index in [0.717, 1.165) is 47.0 Å². The number of aromatic nitrogens is 2. The zero-order chi connectivity index (χ0) is 33.6. The highest BCUT2D eigenvalue weighted by molar-refractivity contribution is 6.42. The van der Waals surface area contributed by atoms with Crippen LogP contribution in [0.2, 0.25) is 0 Å². The molecular weight excluding hydrogens is 583 g/mol. The van der Waals surface area contributed by atoms with E-state index >= 15 is 0 Å². The number of methoxy groups -OCH3 is 2. The number of carbonyl (C=O) groups is 2. The number of ether oxygens (including phenoxy) is 2. The Hall–Kier alpha value is -4.24. The molecule has 1 aromatic heterocycles. The highest BCUT2D eigenvalue weighted by atomic mass is 19.1. The van der Waals surface area contributed by atoms with Crippen LogP contribution in [-0.4, -0.2) is 60.2 Å². The molecule has 0 atom stereocenters. The summed E-state index contributed by atoms with van der Waals surface area (Å²) in [6.45, 7) is 11.5. The van der Waals surface area contributed by atoms with Gasteiger partial charge in [0.05, 0.1) is 32.0 Å². The Balaban J connectivity index is 0.000000230. The molecule has 1 saturated carbocycles. The van der Waals surface area contributed by atoms with E-state index in [2.05, 4.69) is 26.8 Å². The number of Topliss-reactive ketones (excluding diaryl/α,β-unsaturated/α-hetero) is 1. The van der Waals surface area contributed by atoms with Gasteiger partial charge in [0.1, 0.15) is 0 Å². The van der Waals surface area contributed by atoms with E-state index in [1.807, 2.05) is 58.2 Å². The number of fused-ring (bicyclic) bond motifs is 1. The molecule has 1 amide bonds. The van der Waals surface area contributed by atoms with Crippen LogP contribution in [0.25, 0.3) is 22.0 Å². The zero-order valence-corrected chi connectivity index (χ0v) is 28.1. The Morgan fingerprint density at radius 3 is 2.15 bits per heavy atom. The minimum Gasteiger partial charge on any atom is -0.493 e. The second kappa shape index (κ2) is 18.0. The van der Waals surface area contributed by atoms with Gasteiger partial charge in [-0.3, -0.25) is 14.3 Å². The van der Waals surface area contributed by atoms with E-state index in [0.29, 0.717) is 17.4 Å². The Morgan fingerprint density at radius 1 is 0.913 bits per heavy atom. The third-order valence-corrected chi connectivity index (χ3v) is 7.82. The highest BCUT2D eigenvalue weighted by Gasteiger charge is 2.25. The second-order valence-electron chi connectivity index (χ2n) is 10.8. The Bertz CT molecular complexity index is 1560. The maximum absolute atomic E-state index is 13.8. The number of rotatable bonds is 10. The van der Waals surface area contributed by atoms with Crippen molar-refractivity contribution in [3.63, 3.8) is 0 Å². The molecule has 3 aromatic carbocycles. The van der Waals surface area contributed by atoms with Gasteiger partial charge in [-0.2, -0.15) is 5.10 Å². The number of amides is 1. The molecule has 46 heavy (non-hydrogen) atoms. The predicted octanol–water partition coefficient (Wildman–Crippen LogP) is 7.63. The van der Waals surface area contributed by atoms with Gasteiger partial charge in [-0.25, -0.2) is 4.39 Å². The predicted molar refractivity (Wildman–Crippen MR) is 183 cm³/mol. The highest BCUT2D eigenvalue weighted by Crippen LogP contribution is 2.37. The number of carbonyl (C=O) groups excluding carboxylic acids is 2. The number of hydrogen-bond acceptors (Lipinski definition) is 6. The van der Waals surface area contributed by atoms with Gasteiger partial charge in [-0.15, -0.1) is 0 Å². The van der Waals surface area contributed by atoms with Crippen LogP contribution in [0.15, 0.2) is 60.8 Å². The third-order valence-electron chi connectivity index (χ3n) is 7.82. The Morgan fingerprint density at radius 2 is 1.57 bits per heavy atom. The SMILES string of the molecule is CC.CC.COc1cc(CCCN2CCCC2)cc(F)c1OC.NC(=O)C(=O)c1ccc(-c2ccc3c(cnn3C3CC3)c2)cc1. The van der Waals surface area contributed by atoms with Crippen LogP contribution in [-0.2, 0) is 11.2 Å². The molecule has 1 saturated heterocycles. The van der Waals surface area contributed by atoms with E-state index in [1.54, 1.807) is 18.2 Å². The van der Waals surface area contributed by atoms with E-state index < -0.39 is 11.7 Å². The van der Waals surface area contributed by atoms with Gasteiger partial charge in [0, 0.05) is 10.9 Å². The number of primary amides is 1. The average Bonchev–Trinajstić information content (AvgIpc) is 3.63. The van der Waals surface area contributed by atoms with Crippen molar-refractivity contribution >= 4 is 22.6 Å². The van der Waals surface area contributed by atoms with Gasteiger partial charge in [0.2, 0.25) is 5.78 Å². The van der Waals surface area contributed by atoms with Crippen molar-refractivity contribution in [1.29, 1.82) is 0 Å². The molecule has 2 heterocycles. The Labute approximate surface area is 272 Å². The largest absolute Gasteiger partial charge is 0.493 e. The van der Waals surface area contributed by atoms with Crippen LogP contribution in [0, 0.1) is 5.82 Å². The number of halogens is 1. The van der Waals surface area contributed by atoms with Crippen molar-refractivity contribution < 1.29 is 23.5 Å². The van der Waals surface area contributed by atoms with Crippen LogP contribution in [0.4, 0.5) is 4.39 Å². The van der Waals surface area contributed by atoms with Crippen LogP contribution >= 0.6 is 0 Å². The fourth-order valence-electron chi connectivity index (χ4n) is 5.43. The standard InChI is InChI=1S/C18H15N3O2.C15H22FNO2.2C2H6/c19-18(23)17(22)12-3-1-11(2-4-12)13-5-8-16-14(9-13)10-20-21(16)15-6-7-15;1-18-14-11-12(10-13(16)15(14)19-2)6-5-9-17-7-3-4-8-17;2*1-2/h1-5,8-10,15H,6-7H2,(H2,19,23);10-11H,3-9H2,1-2H3;2*1-2H3. The molecule has 0 bridgehead atoms. The monoisotopic (exact) mass is 632 g/mol. The maximum Gasteiger partial charge on any atom is 0.289 e. The number of nitrogens with zero attached hydrogens (tertiary/aromatic N) is 3. The maximum atomic E-state index is 13.8. The fraction of sp³-hybridized carbons (Fsp3) is 0.432. The first-order chi connectivity index (χ1) is 22.4. The quantitative estimate of drug-likeness (QED) is 0.143. The average molecular weight is 633 g/mol. The van der Waals surface area contributed by atoms with Gasteiger partial charge in [0.15, 0.2) is 17.3 Å². The number of ketones is 1. The first-order valence-electron chi connectivity index (χ1n) is 16.4. The summed E-state index contributed by atoms with van der Waals surface area (Å²) in [7, 11) is 2.99. The molecule has 1 aliphatic heterocycles. The lowest BCUT2D eigenvalue weighted by molar-refractivity contribution is -0.114. The smallest absolute Gasteiger partial charge is 0.289 e. The molecule has 1 aliphatic carbocycles. The summed E-state index contributed by atoms with van der Waals surface area (Å²) in [5.74, 6) is -1.30. The van der Waals surface area contributed by atoms with Gasteiger partial charge in [-0.1, -0.05) is 58.0 Å². The van der Waals surface area contributed by atoms with Gasteiger partial charge in [-0.05, 0) is 99.1 Å². The van der Waals surface area contributed by atoms with Crippen molar-refractivity contribution in [2.75, 3.05) is 33.9 Å². The van der Waals surface area contributed by atoms with E-state index in [-0.39, 0.29) is 11.6 Å². The van der Waals surface area contributed by atoms with Crippen molar-refractivity contribution in [3.05, 3.63) is 77.7 Å². The molecule has 2 N–H and O–H groups in total. The Kier molecular flexibility index (Phi) is 14.2. The van der Waals surface area contributed by atoms with Crippen molar-refractivity contribution in [2.45, 2.75) is 72.3 Å². The lowest BCUT2D eigenvalue weighted by Gasteiger charge is -2.15. The second-order valence-corrected chi connectivity index (χ2v) is 10.8. The number of hydrogen-bond donors (Lipinski definition) is 1. The van der Waals surface area contributed by atoms with E-state index in [4.69, 9.17) is 15.2 Å². The topological polar surface area (TPSA) is 99.7 Å². The molecular formula is C37H49FN4O4. The molecule has 0 unspecified atom stereocenters. The molecule has 4 aromatic rings. The first kappa shape index (κ1) is 36.2. The van der Waals surface area contributed by atoms with E-state index in [1.165, 1.54) is 53.0 Å². The summed E-state index contributed by atoms with van der Waals surface area (Å²) >= 11 is 0. The third kappa shape index (κ3) is 9.39. The zero-order valence-electron chi connectivity index (χ0n) is 28.1. The number of nitrogens with two attached hydrogens (primary N) is 1. The molecule has 0 radical (unpaired) electrons. The minimum absolute atomic E-state index is 0.186. The van der Waals surface area contributed by atoms with E-state index in [9.17, 15) is 14.0 Å². The number of likely N-dealkylation sites (tertiary alicyclic amines) is 1. The summed E-state index contributed by atoms with van der Waals surface area (Å²) < 4.78 is 26.1. The van der Waals surface area contributed by atoms with Crippen molar-refractivity contribution in [3.8, 4) is 22.6 Å². The minimum atomic E-state index is -0.938. The van der Waals surface area contributed by atoms with Crippen LogP contribution in [0.3, 0.4) is 0 Å². The van der Waals surface area contributed by atoms with Gasteiger partial charge < -0.3 is 20.1 Å². The summed E-state index contributed by atoms with van der Waals surface area (Å²) in [6.07, 6.45) is 8.84. The normalized spacial score (nSPS) is 13.8. The molecule has 0 spiro atoms. The molecule has 9 heteroatoms. The molecule has 6 rings (SSSR count). The first-order valence-corrected chi connectivity index (χ1v) is 16.4.